The highest BCUT2D eigenvalue weighted by Crippen LogP contribution is 2.44. The first-order chi connectivity index (χ1) is 16.9. The van der Waals surface area contributed by atoms with Gasteiger partial charge in [-0.1, -0.05) is 68.8 Å². The van der Waals surface area contributed by atoms with Crippen LogP contribution in [0.4, 0.5) is 4.79 Å². The second kappa shape index (κ2) is 10.9. The molecule has 0 aromatic heterocycles. The number of carbonyl (C=O) groups excluding carboxylic acids is 2. The maximum absolute atomic E-state index is 13.2. The third-order valence-corrected chi connectivity index (χ3v) is 7.14. The predicted octanol–water partition coefficient (Wildman–Crippen LogP) is 4.51. The van der Waals surface area contributed by atoms with Gasteiger partial charge in [-0.2, -0.15) is 0 Å². The number of rotatable bonds is 8. The summed E-state index contributed by atoms with van der Waals surface area (Å²) >= 11 is 0. The van der Waals surface area contributed by atoms with Gasteiger partial charge in [-0.3, -0.25) is 9.59 Å². The third-order valence-electron chi connectivity index (χ3n) is 7.14. The van der Waals surface area contributed by atoms with E-state index < -0.39 is 23.9 Å². The van der Waals surface area contributed by atoms with Crippen molar-refractivity contribution in [2.24, 2.45) is 17.8 Å². The summed E-state index contributed by atoms with van der Waals surface area (Å²) in [6.45, 7) is 5.13. The molecule has 35 heavy (non-hydrogen) atoms. The molecule has 4 rings (SSSR count). The Morgan fingerprint density at radius 3 is 2.29 bits per heavy atom. The number of benzene rings is 2. The topological polar surface area (TPSA) is 95.9 Å². The Morgan fingerprint density at radius 1 is 1.06 bits per heavy atom. The van der Waals surface area contributed by atoms with Gasteiger partial charge in [-0.15, -0.1) is 0 Å². The molecule has 1 aliphatic heterocycles. The number of carboxylic acid groups (broad SMARTS) is 1. The number of amides is 2. The smallest absolute Gasteiger partial charge is 0.407 e. The van der Waals surface area contributed by atoms with E-state index in [4.69, 9.17) is 4.74 Å². The maximum Gasteiger partial charge on any atom is 0.407 e. The highest BCUT2D eigenvalue weighted by Gasteiger charge is 2.35. The fraction of sp³-hybridized carbons (Fsp3) is 0.464. The number of piperidine rings is 1. The zero-order valence-corrected chi connectivity index (χ0v) is 20.4. The number of nitrogens with zero attached hydrogens (tertiary/aromatic N) is 1. The van der Waals surface area contributed by atoms with Gasteiger partial charge < -0.3 is 20.1 Å². The van der Waals surface area contributed by atoms with Crippen LogP contribution in [0.2, 0.25) is 0 Å². The summed E-state index contributed by atoms with van der Waals surface area (Å²) in [4.78, 5) is 38.9. The van der Waals surface area contributed by atoms with E-state index in [2.05, 4.69) is 29.6 Å². The van der Waals surface area contributed by atoms with Crippen LogP contribution in [0.5, 0.6) is 0 Å². The van der Waals surface area contributed by atoms with Gasteiger partial charge in [0.05, 0.1) is 11.8 Å². The lowest BCUT2D eigenvalue weighted by Gasteiger charge is -2.36. The summed E-state index contributed by atoms with van der Waals surface area (Å²) in [5, 5.41) is 12.2. The summed E-state index contributed by atoms with van der Waals surface area (Å²) in [6.07, 6.45) is 1.44. The van der Waals surface area contributed by atoms with Crippen molar-refractivity contribution >= 4 is 18.0 Å². The molecule has 1 aliphatic carbocycles. The van der Waals surface area contributed by atoms with Gasteiger partial charge in [0.1, 0.15) is 6.61 Å². The van der Waals surface area contributed by atoms with Gasteiger partial charge in [0.2, 0.25) is 5.91 Å². The van der Waals surface area contributed by atoms with Crippen molar-refractivity contribution in [2.45, 2.75) is 39.0 Å². The Kier molecular flexibility index (Phi) is 7.73. The van der Waals surface area contributed by atoms with E-state index in [9.17, 15) is 19.5 Å². The average molecular weight is 479 g/mol. The largest absolute Gasteiger partial charge is 0.481 e. The minimum absolute atomic E-state index is 0.0241. The number of ether oxygens (including phenoxy) is 1. The van der Waals surface area contributed by atoms with E-state index in [0.717, 1.165) is 17.5 Å². The Morgan fingerprint density at radius 2 is 1.69 bits per heavy atom. The van der Waals surface area contributed by atoms with Crippen LogP contribution in [-0.2, 0) is 14.3 Å². The third kappa shape index (κ3) is 5.50. The minimum Gasteiger partial charge on any atom is -0.481 e. The quantitative estimate of drug-likeness (QED) is 0.582. The van der Waals surface area contributed by atoms with E-state index in [0.29, 0.717) is 19.4 Å². The highest BCUT2D eigenvalue weighted by molar-refractivity contribution is 5.81. The molecule has 1 saturated heterocycles. The van der Waals surface area contributed by atoms with Crippen molar-refractivity contribution < 1.29 is 24.2 Å². The molecule has 186 valence electrons. The summed E-state index contributed by atoms with van der Waals surface area (Å²) in [6, 6.07) is 16.3. The van der Waals surface area contributed by atoms with E-state index >= 15 is 0 Å². The van der Waals surface area contributed by atoms with Gasteiger partial charge in [-0.05, 0) is 41.0 Å². The Bertz CT molecular complexity index is 1040. The summed E-state index contributed by atoms with van der Waals surface area (Å²) in [5.74, 6) is -1.79. The van der Waals surface area contributed by atoms with Gasteiger partial charge in [0, 0.05) is 25.6 Å². The lowest BCUT2D eigenvalue weighted by molar-refractivity contribution is -0.148. The molecule has 0 bridgehead atoms. The molecule has 7 heteroatoms. The number of aliphatic carboxylic acids is 1. The average Bonchev–Trinajstić information content (AvgIpc) is 3.18. The first-order valence-corrected chi connectivity index (χ1v) is 12.5. The van der Waals surface area contributed by atoms with Crippen molar-refractivity contribution in [2.75, 3.05) is 26.2 Å². The summed E-state index contributed by atoms with van der Waals surface area (Å²) in [5.41, 5.74) is 4.63. The summed E-state index contributed by atoms with van der Waals surface area (Å²) in [7, 11) is 0. The van der Waals surface area contributed by atoms with Crippen molar-refractivity contribution in [3.8, 4) is 11.1 Å². The summed E-state index contributed by atoms with van der Waals surface area (Å²) < 4.78 is 5.61. The van der Waals surface area contributed by atoms with E-state index in [1.54, 1.807) is 4.90 Å². The fourth-order valence-corrected chi connectivity index (χ4v) is 5.49. The molecule has 2 aromatic rings. The molecule has 0 spiro atoms. The number of fused-ring (bicyclic) bond motifs is 3. The van der Waals surface area contributed by atoms with Crippen LogP contribution in [0.3, 0.4) is 0 Å². The lowest BCUT2D eigenvalue weighted by Crippen LogP contribution is -2.49. The molecular weight excluding hydrogens is 444 g/mol. The number of hydrogen-bond donors (Lipinski definition) is 2. The van der Waals surface area contributed by atoms with Crippen LogP contribution < -0.4 is 5.32 Å². The molecule has 3 atom stereocenters. The molecule has 1 fully saturated rings. The number of carbonyl (C=O) groups is 3. The second-order valence-corrected chi connectivity index (χ2v) is 9.81. The molecule has 3 unspecified atom stereocenters. The number of alkyl carbamates (subject to hydrolysis) is 1. The minimum atomic E-state index is -0.863. The number of carboxylic acids is 1. The Hall–Kier alpha value is -3.35. The molecule has 7 nitrogen and oxygen atoms in total. The number of hydrogen-bond acceptors (Lipinski definition) is 4. The molecule has 2 amide bonds. The SMILES string of the molecule is CCCC(CNC(=O)OCC1c2ccccc2-c2ccccc21)C(=O)N1CC(C)CC(C(=O)O)C1. The van der Waals surface area contributed by atoms with Crippen molar-refractivity contribution in [1.29, 1.82) is 0 Å². The Balaban J connectivity index is 1.35. The monoisotopic (exact) mass is 478 g/mol. The van der Waals surface area contributed by atoms with Crippen LogP contribution in [-0.4, -0.2) is 54.2 Å². The second-order valence-electron chi connectivity index (χ2n) is 9.81. The molecule has 0 saturated carbocycles. The van der Waals surface area contributed by atoms with Gasteiger partial charge in [0.25, 0.3) is 0 Å². The van der Waals surface area contributed by atoms with Crippen LogP contribution in [0.15, 0.2) is 48.5 Å². The molecule has 2 aromatic carbocycles. The Labute approximate surface area is 206 Å². The first kappa shape index (κ1) is 24.8. The molecule has 2 N–H and O–H groups in total. The molecular formula is C28H34N2O5. The van der Waals surface area contributed by atoms with Crippen molar-refractivity contribution in [1.82, 2.24) is 10.2 Å². The highest BCUT2D eigenvalue weighted by atomic mass is 16.5. The maximum atomic E-state index is 13.2. The van der Waals surface area contributed by atoms with Crippen LogP contribution in [0.25, 0.3) is 11.1 Å². The molecule has 0 radical (unpaired) electrons. The zero-order valence-electron chi connectivity index (χ0n) is 20.4. The van der Waals surface area contributed by atoms with Gasteiger partial charge >= 0.3 is 12.1 Å². The van der Waals surface area contributed by atoms with Crippen LogP contribution >= 0.6 is 0 Å². The van der Waals surface area contributed by atoms with Gasteiger partial charge in [-0.25, -0.2) is 4.79 Å². The number of nitrogens with one attached hydrogen (secondary N) is 1. The first-order valence-electron chi connectivity index (χ1n) is 12.5. The predicted molar refractivity (Wildman–Crippen MR) is 133 cm³/mol. The van der Waals surface area contributed by atoms with Crippen molar-refractivity contribution in [3.63, 3.8) is 0 Å². The number of likely N-dealkylation sites (tertiary alicyclic amines) is 1. The van der Waals surface area contributed by atoms with Gasteiger partial charge in [0.15, 0.2) is 0 Å². The van der Waals surface area contributed by atoms with Crippen molar-refractivity contribution in [3.05, 3.63) is 59.7 Å². The fourth-order valence-electron chi connectivity index (χ4n) is 5.49. The van der Waals surface area contributed by atoms with E-state index in [-0.39, 0.29) is 37.4 Å². The van der Waals surface area contributed by atoms with Crippen LogP contribution in [0.1, 0.15) is 50.2 Å². The standard InChI is InChI=1S/C28H34N2O5/c1-3-8-19(26(31)30-15-18(2)13-20(16-30)27(32)33)14-29-28(34)35-17-25-23-11-6-4-9-21(23)22-10-5-7-12-24(22)25/h4-7,9-12,18-20,25H,3,8,13-17H2,1-2H3,(H,29,34)(H,32,33). The van der Waals surface area contributed by atoms with E-state index in [1.165, 1.54) is 11.1 Å². The normalized spacial score (nSPS) is 20.0. The molecule has 1 heterocycles. The van der Waals surface area contributed by atoms with Crippen LogP contribution in [0, 0.1) is 17.8 Å². The molecule has 2 aliphatic rings. The lowest BCUT2D eigenvalue weighted by atomic mass is 9.89. The zero-order chi connectivity index (χ0) is 24.9. The van der Waals surface area contributed by atoms with E-state index in [1.807, 2.05) is 38.1 Å².